The maximum atomic E-state index is 12.8. The lowest BCUT2D eigenvalue weighted by Crippen LogP contribution is -2.10. The maximum absolute atomic E-state index is 12.8. The summed E-state index contributed by atoms with van der Waals surface area (Å²) in [7, 11) is 1.33. The Labute approximate surface area is 133 Å². The predicted octanol–water partition coefficient (Wildman–Crippen LogP) is 3.48. The molecule has 2 rings (SSSR count). The lowest BCUT2D eigenvalue weighted by molar-refractivity contribution is 0.0600. The lowest BCUT2D eigenvalue weighted by Gasteiger charge is -2.07. The normalized spacial score (nSPS) is 11.0. The molecular weight excluding hydrogens is 299 g/mol. The van der Waals surface area contributed by atoms with Crippen LogP contribution in [0.3, 0.4) is 0 Å². The average Bonchev–Trinajstić information content (AvgIpc) is 2.59. The number of methoxy groups -OCH3 is 1. The summed E-state index contributed by atoms with van der Waals surface area (Å²) >= 11 is 0. The zero-order valence-corrected chi connectivity index (χ0v) is 12.9. The quantitative estimate of drug-likeness (QED) is 0.503. The van der Waals surface area contributed by atoms with Crippen LogP contribution in [-0.4, -0.2) is 25.4 Å². The molecule has 0 aliphatic heterocycles. The topological polar surface area (TPSA) is 59.9 Å². The van der Waals surface area contributed by atoms with Crippen LogP contribution in [0.25, 0.3) is 0 Å². The fraction of sp³-hybridized carbons (Fsp3) is 0.176. The Morgan fingerprint density at radius 3 is 2.39 bits per heavy atom. The van der Waals surface area contributed by atoms with Crippen molar-refractivity contribution in [3.8, 4) is 5.75 Å². The van der Waals surface area contributed by atoms with Crippen molar-refractivity contribution < 1.29 is 18.7 Å². The third kappa shape index (κ3) is 5.10. The van der Waals surface area contributed by atoms with E-state index in [0.29, 0.717) is 22.7 Å². The fourth-order valence-electron chi connectivity index (χ4n) is 1.71. The molecule has 0 aliphatic carbocycles. The number of hydrogen-bond donors (Lipinski definition) is 1. The van der Waals surface area contributed by atoms with Gasteiger partial charge in [0.1, 0.15) is 18.2 Å². The van der Waals surface area contributed by atoms with Crippen molar-refractivity contribution in [2.75, 3.05) is 19.1 Å². The highest BCUT2D eigenvalue weighted by molar-refractivity contribution is 5.89. The highest BCUT2D eigenvalue weighted by atomic mass is 19.1. The minimum atomic E-state index is -0.391. The minimum absolute atomic E-state index is 0.283. The maximum Gasteiger partial charge on any atom is 0.337 e. The third-order valence-corrected chi connectivity index (χ3v) is 2.94. The van der Waals surface area contributed by atoms with E-state index in [0.717, 1.165) is 0 Å². The molecule has 6 heteroatoms. The number of nitrogens with zero attached hydrogens (tertiary/aromatic N) is 1. The van der Waals surface area contributed by atoms with E-state index in [1.165, 1.54) is 19.2 Å². The number of rotatable bonds is 6. The van der Waals surface area contributed by atoms with Crippen molar-refractivity contribution in [2.24, 2.45) is 5.10 Å². The molecule has 0 amide bonds. The summed E-state index contributed by atoms with van der Waals surface area (Å²) in [5.41, 5.74) is 4.68. The first-order valence-electron chi connectivity index (χ1n) is 6.94. The average molecular weight is 316 g/mol. The van der Waals surface area contributed by atoms with Gasteiger partial charge in [0.2, 0.25) is 0 Å². The molecule has 0 saturated heterocycles. The molecular formula is C17H17FN2O3. The van der Waals surface area contributed by atoms with E-state index in [1.807, 2.05) is 0 Å². The van der Waals surface area contributed by atoms with Crippen LogP contribution in [0.15, 0.2) is 53.6 Å². The van der Waals surface area contributed by atoms with Gasteiger partial charge >= 0.3 is 5.97 Å². The first kappa shape index (κ1) is 16.5. The van der Waals surface area contributed by atoms with Gasteiger partial charge in [-0.25, -0.2) is 9.18 Å². The number of benzene rings is 2. The summed E-state index contributed by atoms with van der Waals surface area (Å²) in [5, 5.41) is 4.14. The molecule has 0 atom stereocenters. The van der Waals surface area contributed by atoms with Gasteiger partial charge in [0.15, 0.2) is 0 Å². The van der Waals surface area contributed by atoms with Crippen molar-refractivity contribution in [1.82, 2.24) is 0 Å². The highest BCUT2D eigenvalue weighted by Gasteiger charge is 2.04. The van der Waals surface area contributed by atoms with Crippen LogP contribution in [0, 0.1) is 5.82 Å². The third-order valence-electron chi connectivity index (χ3n) is 2.94. The van der Waals surface area contributed by atoms with Crippen molar-refractivity contribution in [1.29, 1.82) is 0 Å². The van der Waals surface area contributed by atoms with Gasteiger partial charge in [0.05, 0.1) is 24.1 Å². The van der Waals surface area contributed by atoms with E-state index in [4.69, 9.17) is 4.74 Å². The number of halogens is 1. The first-order chi connectivity index (χ1) is 11.1. The zero-order valence-electron chi connectivity index (χ0n) is 12.9. The molecule has 2 aromatic rings. The van der Waals surface area contributed by atoms with Crippen LogP contribution in [-0.2, 0) is 4.74 Å². The standard InChI is InChI=1S/C17H17FN2O3/c1-12(19-20-15-7-5-14(18)6-8-15)11-23-16-9-3-13(4-10-16)17(21)22-2/h3-10,20H,11H2,1-2H3/b19-12-. The molecule has 0 spiro atoms. The van der Waals surface area contributed by atoms with Gasteiger partial charge in [-0.1, -0.05) is 0 Å². The number of hydrazone groups is 1. The Bertz CT molecular complexity index is 682. The molecule has 0 heterocycles. The fourth-order valence-corrected chi connectivity index (χ4v) is 1.71. The van der Waals surface area contributed by atoms with E-state index in [9.17, 15) is 9.18 Å². The zero-order chi connectivity index (χ0) is 16.7. The molecule has 0 unspecified atom stereocenters. The molecule has 120 valence electrons. The Balaban J connectivity index is 1.85. The number of anilines is 1. The molecule has 23 heavy (non-hydrogen) atoms. The van der Waals surface area contributed by atoms with Gasteiger partial charge in [-0.3, -0.25) is 5.43 Å². The molecule has 2 aromatic carbocycles. The smallest absolute Gasteiger partial charge is 0.337 e. The van der Waals surface area contributed by atoms with Crippen LogP contribution >= 0.6 is 0 Å². The van der Waals surface area contributed by atoms with Gasteiger partial charge < -0.3 is 9.47 Å². The molecule has 0 aromatic heterocycles. The van der Waals surface area contributed by atoms with Gasteiger partial charge in [0.25, 0.3) is 0 Å². The monoisotopic (exact) mass is 316 g/mol. The van der Waals surface area contributed by atoms with Crippen LogP contribution in [0.2, 0.25) is 0 Å². The van der Waals surface area contributed by atoms with E-state index >= 15 is 0 Å². The summed E-state index contributed by atoms with van der Waals surface area (Å²) < 4.78 is 23.0. The Hall–Kier alpha value is -2.89. The second-order valence-electron chi connectivity index (χ2n) is 4.77. The van der Waals surface area contributed by atoms with E-state index in [2.05, 4.69) is 15.3 Å². The first-order valence-corrected chi connectivity index (χ1v) is 6.94. The summed E-state index contributed by atoms with van der Waals surface area (Å²) in [4.78, 5) is 11.3. The van der Waals surface area contributed by atoms with Crippen LogP contribution in [0.5, 0.6) is 5.75 Å². The van der Waals surface area contributed by atoms with Crippen LogP contribution < -0.4 is 10.2 Å². The number of carbonyl (C=O) groups is 1. The van der Waals surface area contributed by atoms with Gasteiger partial charge in [-0.05, 0) is 55.5 Å². The summed E-state index contributed by atoms with van der Waals surface area (Å²) in [5.74, 6) is -0.0678. The molecule has 0 fully saturated rings. The van der Waals surface area contributed by atoms with E-state index in [-0.39, 0.29) is 12.4 Å². The molecule has 0 bridgehead atoms. The second-order valence-corrected chi connectivity index (χ2v) is 4.77. The van der Waals surface area contributed by atoms with Crippen molar-refractivity contribution in [2.45, 2.75) is 6.92 Å². The number of nitrogens with one attached hydrogen (secondary N) is 1. The molecule has 5 nitrogen and oxygen atoms in total. The van der Waals surface area contributed by atoms with Gasteiger partial charge in [0, 0.05) is 0 Å². The number of carbonyl (C=O) groups excluding carboxylic acids is 1. The predicted molar refractivity (Wildman–Crippen MR) is 86.4 cm³/mol. The van der Waals surface area contributed by atoms with Gasteiger partial charge in [-0.15, -0.1) is 0 Å². The molecule has 1 N–H and O–H groups in total. The SMILES string of the molecule is COC(=O)c1ccc(OC/C(C)=N\Nc2ccc(F)cc2)cc1. The number of esters is 1. The van der Waals surface area contributed by atoms with Crippen molar-refractivity contribution in [3.05, 3.63) is 59.9 Å². The number of hydrogen-bond acceptors (Lipinski definition) is 5. The minimum Gasteiger partial charge on any atom is -0.488 e. The highest BCUT2D eigenvalue weighted by Crippen LogP contribution is 2.13. The lowest BCUT2D eigenvalue weighted by atomic mass is 10.2. The Morgan fingerprint density at radius 2 is 1.78 bits per heavy atom. The van der Waals surface area contributed by atoms with E-state index < -0.39 is 5.97 Å². The van der Waals surface area contributed by atoms with Crippen molar-refractivity contribution >= 4 is 17.4 Å². The summed E-state index contributed by atoms with van der Waals surface area (Å²) in [6, 6.07) is 12.5. The Morgan fingerprint density at radius 1 is 1.13 bits per heavy atom. The van der Waals surface area contributed by atoms with Crippen molar-refractivity contribution in [3.63, 3.8) is 0 Å². The summed E-state index contributed by atoms with van der Waals surface area (Å²) in [6.07, 6.45) is 0. The molecule has 0 saturated carbocycles. The molecule has 0 radical (unpaired) electrons. The van der Waals surface area contributed by atoms with E-state index in [1.54, 1.807) is 43.3 Å². The largest absolute Gasteiger partial charge is 0.488 e. The van der Waals surface area contributed by atoms with Crippen LogP contribution in [0.4, 0.5) is 10.1 Å². The van der Waals surface area contributed by atoms with Gasteiger partial charge in [-0.2, -0.15) is 5.10 Å². The number of ether oxygens (including phenoxy) is 2. The van der Waals surface area contributed by atoms with Crippen LogP contribution in [0.1, 0.15) is 17.3 Å². The Kier molecular flexibility index (Phi) is 5.68. The molecule has 0 aliphatic rings. The second kappa shape index (κ2) is 7.93. The summed E-state index contributed by atoms with van der Waals surface area (Å²) in [6.45, 7) is 2.09.